The quantitative estimate of drug-likeness (QED) is 0.784. The third-order valence-electron chi connectivity index (χ3n) is 3.39. The molecule has 2 rings (SSSR count). The van der Waals surface area contributed by atoms with E-state index in [1.54, 1.807) is 24.3 Å². The first kappa shape index (κ1) is 16.5. The number of ether oxygens (including phenoxy) is 2. The van der Waals surface area contributed by atoms with Gasteiger partial charge in [0.1, 0.15) is 5.92 Å². The molecule has 4 heteroatoms. The van der Waals surface area contributed by atoms with Gasteiger partial charge in [0.2, 0.25) is 5.79 Å². The summed E-state index contributed by atoms with van der Waals surface area (Å²) in [5.74, 6) is -2.80. The number of allylic oxidation sites excluding steroid dienone is 2. The predicted molar refractivity (Wildman–Crippen MR) is 84.2 cm³/mol. The fraction of sp³-hybridized carbons (Fsp3) is 0.389. The second kappa shape index (κ2) is 7.38. The highest BCUT2D eigenvalue weighted by Gasteiger charge is 2.43. The van der Waals surface area contributed by atoms with Crippen LogP contribution in [0.3, 0.4) is 0 Å². The molecule has 0 heterocycles. The molecule has 0 radical (unpaired) electrons. The summed E-state index contributed by atoms with van der Waals surface area (Å²) in [6.07, 6.45) is 6.77. The van der Waals surface area contributed by atoms with Gasteiger partial charge in [-0.05, 0) is 17.6 Å². The van der Waals surface area contributed by atoms with Gasteiger partial charge in [0.15, 0.2) is 0 Å². The van der Waals surface area contributed by atoms with Crippen LogP contribution in [-0.2, 0) is 20.9 Å². The molecule has 0 amide bonds. The molecular formula is C18H22O4. The van der Waals surface area contributed by atoms with E-state index >= 15 is 0 Å². The van der Waals surface area contributed by atoms with E-state index in [-0.39, 0.29) is 5.92 Å². The first-order valence-corrected chi connectivity index (χ1v) is 7.44. The van der Waals surface area contributed by atoms with Gasteiger partial charge >= 0.3 is 5.97 Å². The number of carboxylic acids is 1. The van der Waals surface area contributed by atoms with Gasteiger partial charge in [0.05, 0.1) is 13.2 Å². The maximum absolute atomic E-state index is 11.6. The summed E-state index contributed by atoms with van der Waals surface area (Å²) in [5, 5.41) is 9.49. The minimum absolute atomic E-state index is 0.283. The minimum Gasteiger partial charge on any atom is -0.481 e. The molecule has 1 aromatic rings. The zero-order valence-corrected chi connectivity index (χ0v) is 12.9. The molecular weight excluding hydrogens is 280 g/mol. The van der Waals surface area contributed by atoms with Crippen molar-refractivity contribution < 1.29 is 19.4 Å². The van der Waals surface area contributed by atoms with Gasteiger partial charge in [0, 0.05) is 0 Å². The van der Waals surface area contributed by atoms with Crippen molar-refractivity contribution in [3.63, 3.8) is 0 Å². The molecule has 0 saturated heterocycles. The van der Waals surface area contributed by atoms with E-state index in [2.05, 4.69) is 0 Å². The highest BCUT2D eigenvalue weighted by molar-refractivity contribution is 5.74. The van der Waals surface area contributed by atoms with Gasteiger partial charge < -0.3 is 14.6 Å². The van der Waals surface area contributed by atoms with Crippen molar-refractivity contribution in [2.75, 3.05) is 6.61 Å². The average molecular weight is 302 g/mol. The van der Waals surface area contributed by atoms with Crippen molar-refractivity contribution >= 4 is 5.97 Å². The molecule has 0 fully saturated rings. The van der Waals surface area contributed by atoms with E-state index in [0.717, 1.165) is 5.56 Å². The molecule has 0 bridgehead atoms. The van der Waals surface area contributed by atoms with Crippen LogP contribution in [-0.4, -0.2) is 23.5 Å². The minimum atomic E-state index is -1.26. The third-order valence-corrected chi connectivity index (χ3v) is 3.39. The number of carboxylic acid groups (broad SMARTS) is 1. The number of benzene rings is 1. The topological polar surface area (TPSA) is 55.8 Å². The number of hydrogen-bond acceptors (Lipinski definition) is 3. The highest BCUT2D eigenvalue weighted by atomic mass is 16.7. The molecule has 0 aliphatic heterocycles. The van der Waals surface area contributed by atoms with Crippen molar-refractivity contribution in [1.82, 2.24) is 0 Å². The van der Waals surface area contributed by atoms with Gasteiger partial charge in [-0.15, -0.1) is 0 Å². The van der Waals surface area contributed by atoms with Crippen molar-refractivity contribution in [2.45, 2.75) is 26.2 Å². The van der Waals surface area contributed by atoms with Crippen LogP contribution in [0.2, 0.25) is 0 Å². The Balaban J connectivity index is 2.19. The number of hydrogen-bond donors (Lipinski definition) is 1. The molecule has 1 aliphatic rings. The van der Waals surface area contributed by atoms with Crippen molar-refractivity contribution in [1.29, 1.82) is 0 Å². The fourth-order valence-corrected chi connectivity index (χ4v) is 2.24. The molecule has 0 aromatic heterocycles. The molecule has 2 atom stereocenters. The molecule has 1 aromatic carbocycles. The Labute approximate surface area is 131 Å². The Morgan fingerprint density at radius 3 is 2.59 bits per heavy atom. The van der Waals surface area contributed by atoms with Crippen LogP contribution in [0.5, 0.6) is 0 Å². The molecule has 22 heavy (non-hydrogen) atoms. The van der Waals surface area contributed by atoms with Crippen molar-refractivity contribution in [3.8, 4) is 0 Å². The molecule has 0 saturated carbocycles. The molecule has 1 aliphatic carbocycles. The maximum atomic E-state index is 11.6. The average Bonchev–Trinajstić information content (AvgIpc) is 2.52. The summed E-state index contributed by atoms with van der Waals surface area (Å²) in [4.78, 5) is 11.6. The highest BCUT2D eigenvalue weighted by Crippen LogP contribution is 2.32. The Hall–Kier alpha value is -1.91. The lowest BCUT2D eigenvalue weighted by Gasteiger charge is -2.36. The molecule has 118 valence electrons. The van der Waals surface area contributed by atoms with Gasteiger partial charge in [-0.25, -0.2) is 0 Å². The molecule has 1 N–H and O–H groups in total. The first-order chi connectivity index (χ1) is 10.5. The number of rotatable bonds is 7. The summed E-state index contributed by atoms with van der Waals surface area (Å²) in [7, 11) is 0. The molecule has 4 nitrogen and oxygen atoms in total. The first-order valence-electron chi connectivity index (χ1n) is 7.44. The summed E-state index contributed by atoms with van der Waals surface area (Å²) in [6.45, 7) is 4.75. The monoisotopic (exact) mass is 302 g/mol. The van der Waals surface area contributed by atoms with Gasteiger partial charge in [-0.3, -0.25) is 4.79 Å². The maximum Gasteiger partial charge on any atom is 0.316 e. The van der Waals surface area contributed by atoms with E-state index in [1.165, 1.54) is 0 Å². The van der Waals surface area contributed by atoms with Crippen molar-refractivity contribution in [3.05, 3.63) is 60.2 Å². The van der Waals surface area contributed by atoms with Gasteiger partial charge in [0.25, 0.3) is 0 Å². The fourth-order valence-electron chi connectivity index (χ4n) is 2.24. The standard InChI is InChI=1S/C18H22O4/c1-14(2)12-21-18(11-7-6-10-16(18)17(19)20)22-13-15-8-4-3-5-9-15/h3-11,14,16H,12-13H2,1-2H3,(H,19,20). The summed E-state index contributed by atoms with van der Waals surface area (Å²) in [5.41, 5.74) is 0.974. The van der Waals surface area contributed by atoms with Crippen LogP contribution in [0.15, 0.2) is 54.6 Å². The van der Waals surface area contributed by atoms with E-state index in [4.69, 9.17) is 9.47 Å². The zero-order chi connectivity index (χ0) is 16.0. The van der Waals surface area contributed by atoms with Crippen LogP contribution < -0.4 is 0 Å². The Morgan fingerprint density at radius 2 is 1.95 bits per heavy atom. The smallest absolute Gasteiger partial charge is 0.316 e. The van der Waals surface area contributed by atoms with E-state index < -0.39 is 17.7 Å². The number of carbonyl (C=O) groups is 1. The van der Waals surface area contributed by atoms with E-state index in [9.17, 15) is 9.90 Å². The Kier molecular flexibility index (Phi) is 5.52. The SMILES string of the molecule is CC(C)COC1(OCc2ccccc2)C=CC=CC1C(=O)O. The van der Waals surface area contributed by atoms with Crippen LogP contribution in [0.1, 0.15) is 19.4 Å². The lowest BCUT2D eigenvalue weighted by Crippen LogP contribution is -2.46. The van der Waals surface area contributed by atoms with Crippen LogP contribution >= 0.6 is 0 Å². The second-order valence-electron chi connectivity index (χ2n) is 5.76. The summed E-state index contributed by atoms with van der Waals surface area (Å²) in [6, 6.07) is 9.65. The Bertz CT molecular complexity index is 547. The normalized spacial score (nSPS) is 23.9. The second-order valence-corrected chi connectivity index (χ2v) is 5.76. The summed E-state index contributed by atoms with van der Waals surface area (Å²) < 4.78 is 11.8. The van der Waals surface area contributed by atoms with Crippen molar-refractivity contribution in [2.24, 2.45) is 11.8 Å². The van der Waals surface area contributed by atoms with E-state index in [1.807, 2.05) is 44.2 Å². The zero-order valence-electron chi connectivity index (χ0n) is 12.9. The largest absolute Gasteiger partial charge is 0.481 e. The summed E-state index contributed by atoms with van der Waals surface area (Å²) >= 11 is 0. The lowest BCUT2D eigenvalue weighted by atomic mass is 9.93. The predicted octanol–water partition coefficient (Wildman–Crippen LogP) is 3.40. The van der Waals surface area contributed by atoms with Gasteiger partial charge in [-0.1, -0.05) is 62.4 Å². The van der Waals surface area contributed by atoms with Crippen LogP contribution in [0.4, 0.5) is 0 Å². The third kappa shape index (κ3) is 4.06. The Morgan fingerprint density at radius 1 is 1.23 bits per heavy atom. The van der Waals surface area contributed by atoms with Crippen LogP contribution in [0, 0.1) is 11.8 Å². The van der Waals surface area contributed by atoms with E-state index in [0.29, 0.717) is 13.2 Å². The molecule has 0 spiro atoms. The van der Waals surface area contributed by atoms with Gasteiger partial charge in [-0.2, -0.15) is 0 Å². The van der Waals surface area contributed by atoms with Crippen LogP contribution in [0.25, 0.3) is 0 Å². The lowest BCUT2D eigenvalue weighted by molar-refractivity contribution is -0.239. The number of aliphatic carboxylic acids is 1. The molecule has 2 unspecified atom stereocenters.